The summed E-state index contributed by atoms with van der Waals surface area (Å²) in [5.41, 5.74) is 2.59. The summed E-state index contributed by atoms with van der Waals surface area (Å²) in [6, 6.07) is 19.0. The number of benzene rings is 2. The molecule has 0 nitrogen and oxygen atoms in total. The molecule has 0 heterocycles. The molecule has 2 aromatic rings. The molecule has 0 aliphatic heterocycles. The number of halogens is 2. The predicted octanol–water partition coefficient (Wildman–Crippen LogP) is 1.18. The molecule has 0 atom stereocenters. The molecule has 17 heavy (non-hydrogen) atoms. The smallest absolute Gasteiger partial charge is 1.00 e. The zero-order valence-electron chi connectivity index (χ0n) is 10.1. The molecular weight excluding hydrogens is 352 g/mol. The Bertz CT molecular complexity index is 364. The van der Waals surface area contributed by atoms with Crippen molar-refractivity contribution in [1.82, 2.24) is 0 Å². The minimum atomic E-state index is 0. The van der Waals surface area contributed by atoms with Crippen LogP contribution in [0.25, 0.3) is 0 Å². The van der Waals surface area contributed by atoms with Crippen LogP contribution >= 0.6 is 15.9 Å². The Labute approximate surface area is 139 Å². The largest absolute Gasteiger partial charge is 2.00 e. The first kappa shape index (κ1) is 19.5. The second-order valence-electron chi connectivity index (χ2n) is 3.37. The van der Waals surface area contributed by atoms with Gasteiger partial charge in [-0.3, -0.25) is 0 Å². The molecular formula is C14H14Br2Mg. The first-order chi connectivity index (χ1) is 7.18. The van der Waals surface area contributed by atoms with Gasteiger partial charge in [-0.25, -0.2) is 0 Å². The average Bonchev–Trinajstić information content (AvgIpc) is 2.25. The van der Waals surface area contributed by atoms with Gasteiger partial charge in [0.2, 0.25) is 0 Å². The van der Waals surface area contributed by atoms with E-state index in [0.29, 0.717) is 0 Å². The Kier molecular flexibility index (Phi) is 12.9. The van der Waals surface area contributed by atoms with Crippen LogP contribution in [-0.2, 0) is 0 Å². The summed E-state index contributed by atoms with van der Waals surface area (Å²) in [7, 11) is 0. The summed E-state index contributed by atoms with van der Waals surface area (Å²) in [5.74, 6) is 0. The van der Waals surface area contributed by atoms with Crippen LogP contribution in [0.4, 0.5) is 0 Å². The van der Waals surface area contributed by atoms with Crippen molar-refractivity contribution >= 4 is 39.0 Å². The fraction of sp³-hybridized carbons (Fsp3) is 0.143. The van der Waals surface area contributed by atoms with Crippen molar-refractivity contribution in [2.75, 3.05) is 0 Å². The summed E-state index contributed by atoms with van der Waals surface area (Å²) in [6.07, 6.45) is 0. The van der Waals surface area contributed by atoms with E-state index in [1.807, 2.05) is 36.4 Å². The Balaban J connectivity index is 0. The molecule has 0 N–H and O–H groups in total. The van der Waals surface area contributed by atoms with Crippen LogP contribution in [0.1, 0.15) is 11.1 Å². The first-order valence-corrected chi connectivity index (χ1v) is 5.62. The van der Waals surface area contributed by atoms with E-state index in [0.717, 1.165) is 4.47 Å². The number of aryl methyl sites for hydroxylation is 2. The Morgan fingerprint density at radius 3 is 1.53 bits per heavy atom. The molecule has 0 spiro atoms. The van der Waals surface area contributed by atoms with E-state index in [1.165, 1.54) is 11.1 Å². The van der Waals surface area contributed by atoms with Gasteiger partial charge in [-0.2, -0.15) is 35.9 Å². The molecule has 0 aromatic heterocycles. The van der Waals surface area contributed by atoms with Gasteiger partial charge in [-0.05, 0) is 19.1 Å². The van der Waals surface area contributed by atoms with Crippen molar-refractivity contribution in [2.24, 2.45) is 0 Å². The van der Waals surface area contributed by atoms with Crippen LogP contribution in [0.3, 0.4) is 0 Å². The van der Waals surface area contributed by atoms with Crippen molar-refractivity contribution in [2.45, 2.75) is 13.8 Å². The van der Waals surface area contributed by atoms with Crippen molar-refractivity contribution in [3.63, 3.8) is 0 Å². The molecule has 0 aliphatic rings. The van der Waals surface area contributed by atoms with Gasteiger partial charge in [0.25, 0.3) is 0 Å². The maximum atomic E-state index is 3.35. The van der Waals surface area contributed by atoms with Gasteiger partial charge < -0.3 is 17.0 Å². The van der Waals surface area contributed by atoms with Crippen LogP contribution < -0.4 is 17.0 Å². The van der Waals surface area contributed by atoms with Gasteiger partial charge in [-0.1, -0.05) is 40.5 Å². The van der Waals surface area contributed by atoms with Crippen LogP contribution in [0.2, 0.25) is 0 Å². The van der Waals surface area contributed by atoms with Crippen molar-refractivity contribution in [3.8, 4) is 0 Å². The molecule has 0 saturated carbocycles. The van der Waals surface area contributed by atoms with Gasteiger partial charge in [0.1, 0.15) is 0 Å². The third kappa shape index (κ3) is 9.83. The SMILES string of the molecule is Cc1cc[c-]cc1.Cc1ccc(Br)cc1.[Br-].[Mg+2]. The molecule has 0 radical (unpaired) electrons. The third-order valence-corrected chi connectivity index (χ3v) is 2.42. The normalized spacial score (nSPS) is 7.94. The molecule has 0 unspecified atom stereocenters. The Morgan fingerprint density at radius 2 is 1.24 bits per heavy atom. The maximum Gasteiger partial charge on any atom is 2.00 e. The monoisotopic (exact) mass is 364 g/mol. The minimum Gasteiger partial charge on any atom is -1.00 e. The number of hydrogen-bond acceptors (Lipinski definition) is 0. The fourth-order valence-electron chi connectivity index (χ4n) is 1.00. The topological polar surface area (TPSA) is 0 Å². The van der Waals surface area contributed by atoms with E-state index in [9.17, 15) is 0 Å². The quantitative estimate of drug-likeness (QED) is 0.485. The van der Waals surface area contributed by atoms with E-state index >= 15 is 0 Å². The van der Waals surface area contributed by atoms with Crippen LogP contribution in [-0.4, -0.2) is 23.1 Å². The van der Waals surface area contributed by atoms with Crippen LogP contribution in [0.15, 0.2) is 53.0 Å². The van der Waals surface area contributed by atoms with E-state index in [4.69, 9.17) is 0 Å². The second kappa shape index (κ2) is 11.3. The summed E-state index contributed by atoms with van der Waals surface area (Å²) < 4.78 is 1.14. The van der Waals surface area contributed by atoms with Gasteiger partial charge in [0, 0.05) is 4.47 Å². The maximum absolute atomic E-state index is 3.35. The summed E-state index contributed by atoms with van der Waals surface area (Å²) >= 11 is 3.35. The van der Waals surface area contributed by atoms with Crippen molar-refractivity contribution in [1.29, 1.82) is 0 Å². The van der Waals surface area contributed by atoms with Gasteiger partial charge in [0.15, 0.2) is 0 Å². The van der Waals surface area contributed by atoms with E-state index in [1.54, 1.807) is 0 Å². The summed E-state index contributed by atoms with van der Waals surface area (Å²) in [5, 5.41) is 0. The standard InChI is InChI=1S/C7H7Br.C7H7.BrH.Mg/c1-6-2-4-7(8)5-3-6;1-7-5-3-2-4-6-7;;/h2-5H,1H3;3-6H,1H3;1H;/q;-1;;+2/p-1. The van der Waals surface area contributed by atoms with Gasteiger partial charge in [0.05, 0.1) is 0 Å². The molecule has 0 saturated heterocycles. The predicted molar refractivity (Wildman–Crippen MR) is 74.6 cm³/mol. The Hall–Kier alpha value is 0.166. The van der Waals surface area contributed by atoms with E-state index in [2.05, 4.69) is 48.0 Å². The summed E-state index contributed by atoms with van der Waals surface area (Å²) in [4.78, 5) is 0. The molecule has 0 aliphatic carbocycles. The van der Waals surface area contributed by atoms with Crippen molar-refractivity contribution < 1.29 is 17.0 Å². The van der Waals surface area contributed by atoms with Crippen molar-refractivity contribution in [3.05, 3.63) is 70.2 Å². The average molecular weight is 366 g/mol. The minimum absolute atomic E-state index is 0. The molecule has 0 fully saturated rings. The van der Waals surface area contributed by atoms with Crippen LogP contribution in [0.5, 0.6) is 0 Å². The summed E-state index contributed by atoms with van der Waals surface area (Å²) in [6.45, 7) is 4.14. The van der Waals surface area contributed by atoms with Crippen LogP contribution in [0, 0.1) is 19.9 Å². The van der Waals surface area contributed by atoms with E-state index in [-0.39, 0.29) is 40.0 Å². The molecule has 86 valence electrons. The molecule has 2 aromatic carbocycles. The molecule has 2 rings (SSSR count). The molecule has 0 amide bonds. The Morgan fingerprint density at radius 1 is 0.824 bits per heavy atom. The zero-order chi connectivity index (χ0) is 11.1. The first-order valence-electron chi connectivity index (χ1n) is 4.83. The molecule has 3 heteroatoms. The second-order valence-corrected chi connectivity index (χ2v) is 4.29. The zero-order valence-corrected chi connectivity index (χ0v) is 14.7. The van der Waals surface area contributed by atoms with Gasteiger partial charge in [-0.15, -0.1) is 0 Å². The number of rotatable bonds is 0. The van der Waals surface area contributed by atoms with E-state index < -0.39 is 0 Å². The third-order valence-electron chi connectivity index (χ3n) is 1.90. The molecule has 0 bridgehead atoms. The fourth-order valence-corrected chi connectivity index (χ4v) is 1.27. The van der Waals surface area contributed by atoms with Gasteiger partial charge >= 0.3 is 23.1 Å². The number of hydrogen-bond donors (Lipinski definition) is 0.